The van der Waals surface area contributed by atoms with Crippen molar-refractivity contribution in [1.29, 1.82) is 5.41 Å². The Balaban J connectivity index is 2.47. The summed E-state index contributed by atoms with van der Waals surface area (Å²) in [6.07, 6.45) is 0. The van der Waals surface area contributed by atoms with Crippen molar-refractivity contribution < 1.29 is 0 Å². The van der Waals surface area contributed by atoms with Gasteiger partial charge in [0.2, 0.25) is 0 Å². The van der Waals surface area contributed by atoms with Crippen molar-refractivity contribution in [3.05, 3.63) is 60.2 Å². The summed E-state index contributed by atoms with van der Waals surface area (Å²) in [6.45, 7) is 2.02. The Labute approximate surface area is 101 Å². The molecule has 17 heavy (non-hydrogen) atoms. The number of hydrogen-bond donors (Lipinski definition) is 2. The molecule has 0 bridgehead atoms. The van der Waals surface area contributed by atoms with Crippen molar-refractivity contribution in [1.82, 2.24) is 0 Å². The van der Waals surface area contributed by atoms with E-state index < -0.39 is 0 Å². The highest BCUT2D eigenvalue weighted by molar-refractivity contribution is 5.99. The van der Waals surface area contributed by atoms with Crippen LogP contribution in [0.2, 0.25) is 0 Å². The lowest BCUT2D eigenvalue weighted by Crippen LogP contribution is -2.32. The van der Waals surface area contributed by atoms with E-state index in [0.29, 0.717) is 0 Å². The van der Waals surface area contributed by atoms with Gasteiger partial charge in [-0.15, -0.1) is 0 Å². The average molecular weight is 225 g/mol. The van der Waals surface area contributed by atoms with E-state index in [-0.39, 0.29) is 5.96 Å². The predicted molar refractivity (Wildman–Crippen MR) is 71.7 cm³/mol. The highest BCUT2D eigenvalue weighted by Crippen LogP contribution is 2.25. The van der Waals surface area contributed by atoms with E-state index >= 15 is 0 Å². The number of guanidine groups is 1. The van der Waals surface area contributed by atoms with Crippen LogP contribution in [0.3, 0.4) is 0 Å². The molecule has 3 N–H and O–H groups in total. The molecule has 86 valence electrons. The first kappa shape index (κ1) is 11.2. The van der Waals surface area contributed by atoms with Crippen LogP contribution in [0.4, 0.5) is 11.4 Å². The van der Waals surface area contributed by atoms with Crippen LogP contribution < -0.4 is 10.6 Å². The lowest BCUT2D eigenvalue weighted by Gasteiger charge is -2.23. The van der Waals surface area contributed by atoms with Crippen molar-refractivity contribution in [2.45, 2.75) is 6.92 Å². The summed E-state index contributed by atoms with van der Waals surface area (Å²) in [4.78, 5) is 1.72. The molecule has 0 saturated heterocycles. The second-order valence-electron chi connectivity index (χ2n) is 3.90. The topological polar surface area (TPSA) is 53.1 Å². The summed E-state index contributed by atoms with van der Waals surface area (Å²) in [5.41, 5.74) is 8.60. The maximum absolute atomic E-state index is 7.70. The van der Waals surface area contributed by atoms with Gasteiger partial charge in [0, 0.05) is 11.4 Å². The molecule has 0 heterocycles. The molecular formula is C14H15N3. The molecule has 0 fully saturated rings. The Hall–Kier alpha value is -2.29. The molecule has 2 rings (SSSR count). The zero-order chi connectivity index (χ0) is 12.3. The SMILES string of the molecule is Cc1cccc(N(C(=N)N)c2ccccc2)c1. The third-order valence-corrected chi connectivity index (χ3v) is 2.52. The van der Waals surface area contributed by atoms with Gasteiger partial charge < -0.3 is 5.73 Å². The Bertz CT molecular complexity index is 520. The standard InChI is InChI=1S/C14H15N3/c1-11-6-5-9-13(10-11)17(14(15)16)12-7-3-2-4-8-12/h2-10H,1H3,(H3,15,16). The first-order valence-electron chi connectivity index (χ1n) is 5.44. The van der Waals surface area contributed by atoms with E-state index in [9.17, 15) is 0 Å². The summed E-state index contributed by atoms with van der Waals surface area (Å²) in [5.74, 6) is 0.0156. The Morgan fingerprint density at radius 1 is 1.00 bits per heavy atom. The van der Waals surface area contributed by atoms with Crippen molar-refractivity contribution in [3.63, 3.8) is 0 Å². The summed E-state index contributed by atoms with van der Waals surface area (Å²) in [5, 5.41) is 7.70. The molecule has 0 radical (unpaired) electrons. The minimum Gasteiger partial charge on any atom is -0.369 e. The predicted octanol–water partition coefficient (Wildman–Crippen LogP) is 3.03. The molecule has 0 aliphatic carbocycles. The maximum atomic E-state index is 7.70. The van der Waals surface area contributed by atoms with Crippen LogP contribution in [0.1, 0.15) is 5.56 Å². The number of benzene rings is 2. The van der Waals surface area contributed by atoms with Crippen molar-refractivity contribution in [2.75, 3.05) is 4.90 Å². The zero-order valence-corrected chi connectivity index (χ0v) is 9.72. The van der Waals surface area contributed by atoms with E-state index in [2.05, 4.69) is 0 Å². The van der Waals surface area contributed by atoms with Gasteiger partial charge in [-0.1, -0.05) is 30.3 Å². The van der Waals surface area contributed by atoms with Crippen LogP contribution in [-0.2, 0) is 0 Å². The van der Waals surface area contributed by atoms with Crippen LogP contribution in [0.15, 0.2) is 54.6 Å². The van der Waals surface area contributed by atoms with Crippen LogP contribution in [0.5, 0.6) is 0 Å². The number of hydrogen-bond acceptors (Lipinski definition) is 1. The third kappa shape index (κ3) is 2.45. The lowest BCUT2D eigenvalue weighted by molar-refractivity contribution is 1.25. The number of nitrogens with one attached hydrogen (secondary N) is 1. The smallest absolute Gasteiger partial charge is 0.197 e. The van der Waals surface area contributed by atoms with Gasteiger partial charge in [0.15, 0.2) is 5.96 Å². The number of aryl methyl sites for hydroxylation is 1. The number of para-hydroxylation sites is 1. The molecule has 0 aliphatic rings. The number of rotatable bonds is 2. The molecular weight excluding hydrogens is 210 g/mol. The van der Waals surface area contributed by atoms with Gasteiger partial charge in [-0.05, 0) is 36.8 Å². The molecule has 0 saturated carbocycles. The minimum absolute atomic E-state index is 0.0156. The average Bonchev–Trinajstić information content (AvgIpc) is 2.30. The molecule has 2 aromatic carbocycles. The van der Waals surface area contributed by atoms with E-state index in [1.807, 2.05) is 61.5 Å². The molecule has 0 aromatic heterocycles. The van der Waals surface area contributed by atoms with Gasteiger partial charge in [-0.25, -0.2) is 0 Å². The molecule has 0 spiro atoms. The normalized spacial score (nSPS) is 9.94. The summed E-state index contributed by atoms with van der Waals surface area (Å²) >= 11 is 0. The Morgan fingerprint density at radius 2 is 1.65 bits per heavy atom. The molecule has 3 nitrogen and oxygen atoms in total. The zero-order valence-electron chi connectivity index (χ0n) is 9.72. The fourth-order valence-electron chi connectivity index (χ4n) is 1.77. The quantitative estimate of drug-likeness (QED) is 0.609. The lowest BCUT2D eigenvalue weighted by atomic mass is 10.2. The van der Waals surface area contributed by atoms with Crippen molar-refractivity contribution in [2.24, 2.45) is 5.73 Å². The fourth-order valence-corrected chi connectivity index (χ4v) is 1.77. The summed E-state index contributed by atoms with van der Waals surface area (Å²) < 4.78 is 0. The first-order chi connectivity index (χ1) is 8.18. The van der Waals surface area contributed by atoms with Gasteiger partial charge in [0.05, 0.1) is 0 Å². The van der Waals surface area contributed by atoms with E-state index in [1.54, 1.807) is 4.90 Å². The van der Waals surface area contributed by atoms with Crippen LogP contribution in [0, 0.1) is 12.3 Å². The van der Waals surface area contributed by atoms with Crippen molar-refractivity contribution >= 4 is 17.3 Å². The molecule has 0 unspecified atom stereocenters. The molecule has 2 aromatic rings. The largest absolute Gasteiger partial charge is 0.369 e. The van der Waals surface area contributed by atoms with Gasteiger partial charge in [-0.2, -0.15) is 0 Å². The second kappa shape index (κ2) is 4.70. The Morgan fingerprint density at radius 3 is 2.24 bits per heavy atom. The van der Waals surface area contributed by atoms with Gasteiger partial charge in [0.25, 0.3) is 0 Å². The minimum atomic E-state index is 0.0156. The van der Waals surface area contributed by atoms with Crippen LogP contribution >= 0.6 is 0 Å². The monoisotopic (exact) mass is 225 g/mol. The van der Waals surface area contributed by atoms with E-state index in [1.165, 1.54) is 0 Å². The highest BCUT2D eigenvalue weighted by atomic mass is 15.2. The number of nitrogens with zero attached hydrogens (tertiary/aromatic N) is 1. The highest BCUT2D eigenvalue weighted by Gasteiger charge is 2.11. The Kier molecular flexibility index (Phi) is 3.10. The summed E-state index contributed by atoms with van der Waals surface area (Å²) in [6, 6.07) is 17.6. The molecule has 0 atom stereocenters. The summed E-state index contributed by atoms with van der Waals surface area (Å²) in [7, 11) is 0. The van der Waals surface area contributed by atoms with Gasteiger partial charge >= 0.3 is 0 Å². The fraction of sp³-hybridized carbons (Fsp3) is 0.0714. The van der Waals surface area contributed by atoms with Crippen molar-refractivity contribution in [3.8, 4) is 0 Å². The van der Waals surface area contributed by atoms with E-state index in [4.69, 9.17) is 11.1 Å². The number of anilines is 2. The van der Waals surface area contributed by atoms with Gasteiger partial charge in [-0.3, -0.25) is 10.3 Å². The maximum Gasteiger partial charge on any atom is 0.197 e. The molecule has 0 amide bonds. The van der Waals surface area contributed by atoms with E-state index in [0.717, 1.165) is 16.9 Å². The third-order valence-electron chi connectivity index (χ3n) is 2.52. The van der Waals surface area contributed by atoms with Gasteiger partial charge in [0.1, 0.15) is 0 Å². The second-order valence-corrected chi connectivity index (χ2v) is 3.90. The molecule has 0 aliphatic heterocycles. The molecule has 3 heteroatoms. The number of nitrogens with two attached hydrogens (primary N) is 1. The van der Waals surface area contributed by atoms with Crippen LogP contribution in [-0.4, -0.2) is 5.96 Å². The van der Waals surface area contributed by atoms with Crippen LogP contribution in [0.25, 0.3) is 0 Å². The first-order valence-corrected chi connectivity index (χ1v) is 5.44.